The van der Waals surface area contributed by atoms with Gasteiger partial charge < -0.3 is 19.5 Å². The maximum Gasteiger partial charge on any atom is 0.322 e. The van der Waals surface area contributed by atoms with E-state index in [9.17, 15) is 4.79 Å². The number of amides is 2. The molecular weight excluding hydrogens is 356 g/mol. The Morgan fingerprint density at radius 1 is 1.18 bits per heavy atom. The predicted octanol–water partition coefficient (Wildman–Crippen LogP) is 4.50. The summed E-state index contributed by atoms with van der Waals surface area (Å²) in [5.41, 5.74) is 1.57. The van der Waals surface area contributed by atoms with Gasteiger partial charge in [-0.2, -0.15) is 4.98 Å². The molecule has 28 heavy (non-hydrogen) atoms. The number of ether oxygens (including phenoxy) is 1. The zero-order valence-electron chi connectivity index (χ0n) is 15.7. The monoisotopic (exact) mass is 378 g/mol. The Hall–Kier alpha value is -3.35. The first-order valence-corrected chi connectivity index (χ1v) is 9.35. The summed E-state index contributed by atoms with van der Waals surface area (Å²) >= 11 is 0. The van der Waals surface area contributed by atoms with Crippen molar-refractivity contribution in [3.8, 4) is 17.1 Å². The summed E-state index contributed by atoms with van der Waals surface area (Å²) < 4.78 is 10.8. The second-order valence-electron chi connectivity index (χ2n) is 6.69. The molecule has 1 atom stereocenters. The van der Waals surface area contributed by atoms with E-state index < -0.39 is 0 Å². The summed E-state index contributed by atoms with van der Waals surface area (Å²) in [5, 5.41) is 7.06. The molecule has 0 aliphatic carbocycles. The lowest BCUT2D eigenvalue weighted by molar-refractivity contribution is 0.142. The number of hydrogen-bond donors (Lipinski definition) is 1. The lowest BCUT2D eigenvalue weighted by Crippen LogP contribution is -2.41. The number of methoxy groups -OCH3 is 1. The zero-order chi connectivity index (χ0) is 19.3. The van der Waals surface area contributed by atoms with Gasteiger partial charge >= 0.3 is 6.03 Å². The van der Waals surface area contributed by atoms with Crippen LogP contribution in [0.3, 0.4) is 0 Å². The highest BCUT2D eigenvalue weighted by Gasteiger charge is 2.32. The molecule has 7 heteroatoms. The van der Waals surface area contributed by atoms with E-state index in [1.807, 2.05) is 54.6 Å². The van der Waals surface area contributed by atoms with Crippen LogP contribution in [-0.2, 0) is 0 Å². The number of piperidine rings is 1. The van der Waals surface area contributed by atoms with Gasteiger partial charge in [-0.15, -0.1) is 0 Å². The van der Waals surface area contributed by atoms with Gasteiger partial charge in [0.2, 0.25) is 11.7 Å². The molecule has 0 spiro atoms. The topological polar surface area (TPSA) is 80.5 Å². The fourth-order valence-electron chi connectivity index (χ4n) is 3.40. The van der Waals surface area contributed by atoms with E-state index in [-0.39, 0.29) is 12.1 Å². The number of anilines is 1. The van der Waals surface area contributed by atoms with Crippen LogP contribution in [0.15, 0.2) is 59.1 Å². The van der Waals surface area contributed by atoms with E-state index in [1.54, 1.807) is 12.0 Å². The number of urea groups is 1. The Morgan fingerprint density at radius 2 is 2.04 bits per heavy atom. The van der Waals surface area contributed by atoms with Gasteiger partial charge in [-0.25, -0.2) is 4.79 Å². The summed E-state index contributed by atoms with van der Waals surface area (Å²) in [4.78, 5) is 19.2. The van der Waals surface area contributed by atoms with Crippen molar-refractivity contribution in [2.24, 2.45) is 0 Å². The molecule has 0 saturated carbocycles. The van der Waals surface area contributed by atoms with Crippen LogP contribution in [0.1, 0.15) is 31.2 Å². The van der Waals surface area contributed by atoms with E-state index in [1.165, 1.54) is 0 Å². The first kappa shape index (κ1) is 18.0. The number of likely N-dealkylation sites (tertiary alicyclic amines) is 1. The van der Waals surface area contributed by atoms with E-state index in [4.69, 9.17) is 9.26 Å². The summed E-state index contributed by atoms with van der Waals surface area (Å²) in [6.45, 7) is 0.653. The molecule has 1 unspecified atom stereocenters. The molecule has 1 N–H and O–H groups in total. The Morgan fingerprint density at radius 3 is 2.86 bits per heavy atom. The van der Waals surface area contributed by atoms with Crippen molar-refractivity contribution < 1.29 is 14.1 Å². The molecule has 3 aromatic rings. The Bertz CT molecular complexity index is 942. The Labute approximate surface area is 163 Å². The van der Waals surface area contributed by atoms with Gasteiger partial charge in [0, 0.05) is 17.8 Å². The maximum atomic E-state index is 12.8. The molecule has 1 saturated heterocycles. The lowest BCUT2D eigenvalue weighted by atomic mass is 10.0. The maximum absolute atomic E-state index is 12.8. The van der Waals surface area contributed by atoms with Crippen LogP contribution in [0.2, 0.25) is 0 Å². The summed E-state index contributed by atoms with van der Waals surface area (Å²) in [7, 11) is 1.62. The quantitative estimate of drug-likeness (QED) is 0.723. The fraction of sp³-hybridized carbons (Fsp3) is 0.286. The average molecular weight is 378 g/mol. The predicted molar refractivity (Wildman–Crippen MR) is 105 cm³/mol. The number of para-hydroxylation sites is 1. The van der Waals surface area contributed by atoms with Crippen LogP contribution in [0, 0.1) is 0 Å². The lowest BCUT2D eigenvalue weighted by Gasteiger charge is -2.33. The highest BCUT2D eigenvalue weighted by atomic mass is 16.5. The average Bonchev–Trinajstić information content (AvgIpc) is 3.25. The van der Waals surface area contributed by atoms with Gasteiger partial charge in [0.15, 0.2) is 0 Å². The summed E-state index contributed by atoms with van der Waals surface area (Å²) in [6.07, 6.45) is 2.76. The number of carbonyl (C=O) groups is 1. The molecule has 1 aromatic heterocycles. The molecule has 1 aliphatic heterocycles. The van der Waals surface area contributed by atoms with Crippen molar-refractivity contribution in [1.82, 2.24) is 15.0 Å². The van der Waals surface area contributed by atoms with Crippen LogP contribution in [0.25, 0.3) is 11.4 Å². The first-order valence-electron chi connectivity index (χ1n) is 9.35. The number of hydrogen-bond acceptors (Lipinski definition) is 5. The van der Waals surface area contributed by atoms with Crippen molar-refractivity contribution in [3.05, 3.63) is 60.5 Å². The van der Waals surface area contributed by atoms with Crippen molar-refractivity contribution in [3.63, 3.8) is 0 Å². The van der Waals surface area contributed by atoms with Gasteiger partial charge in [-0.05, 0) is 43.5 Å². The Balaban J connectivity index is 1.54. The second kappa shape index (κ2) is 8.12. The molecule has 2 heterocycles. The molecule has 144 valence electrons. The van der Waals surface area contributed by atoms with E-state index in [2.05, 4.69) is 15.5 Å². The SMILES string of the molecule is COc1cccc(-c2noc(C3CCCCN3C(=O)Nc3ccccc3)n2)c1. The highest BCUT2D eigenvalue weighted by molar-refractivity contribution is 5.89. The van der Waals surface area contributed by atoms with E-state index >= 15 is 0 Å². The van der Waals surface area contributed by atoms with Gasteiger partial charge in [0.1, 0.15) is 11.8 Å². The normalized spacial score (nSPS) is 16.6. The van der Waals surface area contributed by atoms with Crippen LogP contribution in [0.5, 0.6) is 5.75 Å². The van der Waals surface area contributed by atoms with Crippen LogP contribution < -0.4 is 10.1 Å². The minimum atomic E-state index is -0.232. The minimum absolute atomic E-state index is 0.156. The van der Waals surface area contributed by atoms with Crippen LogP contribution in [0.4, 0.5) is 10.5 Å². The molecule has 1 fully saturated rings. The number of benzene rings is 2. The first-order chi connectivity index (χ1) is 13.7. The number of rotatable bonds is 4. The van der Waals surface area contributed by atoms with Gasteiger partial charge in [-0.3, -0.25) is 0 Å². The number of nitrogens with zero attached hydrogens (tertiary/aromatic N) is 3. The molecule has 4 rings (SSSR count). The van der Waals surface area contributed by atoms with E-state index in [0.717, 1.165) is 36.3 Å². The molecule has 0 bridgehead atoms. The number of nitrogens with one attached hydrogen (secondary N) is 1. The summed E-state index contributed by atoms with van der Waals surface area (Å²) in [5.74, 6) is 1.68. The van der Waals surface area contributed by atoms with Crippen LogP contribution in [-0.4, -0.2) is 34.7 Å². The fourth-order valence-corrected chi connectivity index (χ4v) is 3.40. The third kappa shape index (κ3) is 3.83. The highest BCUT2D eigenvalue weighted by Crippen LogP contribution is 2.32. The second-order valence-corrected chi connectivity index (χ2v) is 6.69. The van der Waals surface area contributed by atoms with Gasteiger partial charge in [-0.1, -0.05) is 35.5 Å². The molecule has 1 aliphatic rings. The van der Waals surface area contributed by atoms with Gasteiger partial charge in [0.25, 0.3) is 0 Å². The molecule has 7 nitrogen and oxygen atoms in total. The number of aromatic nitrogens is 2. The van der Waals surface area contributed by atoms with E-state index in [0.29, 0.717) is 18.3 Å². The molecule has 0 radical (unpaired) electrons. The van der Waals surface area contributed by atoms with Crippen molar-refractivity contribution >= 4 is 11.7 Å². The van der Waals surface area contributed by atoms with Crippen molar-refractivity contribution in [2.45, 2.75) is 25.3 Å². The van der Waals surface area contributed by atoms with Crippen LogP contribution >= 0.6 is 0 Å². The number of carbonyl (C=O) groups excluding carboxylic acids is 1. The molecule has 2 amide bonds. The third-order valence-corrected chi connectivity index (χ3v) is 4.84. The molecule has 2 aromatic carbocycles. The smallest absolute Gasteiger partial charge is 0.322 e. The third-order valence-electron chi connectivity index (χ3n) is 4.84. The van der Waals surface area contributed by atoms with Gasteiger partial charge in [0.05, 0.1) is 7.11 Å². The summed E-state index contributed by atoms with van der Waals surface area (Å²) in [6, 6.07) is 16.5. The minimum Gasteiger partial charge on any atom is -0.497 e. The zero-order valence-corrected chi connectivity index (χ0v) is 15.7. The largest absolute Gasteiger partial charge is 0.497 e. The van der Waals surface area contributed by atoms with Crippen molar-refractivity contribution in [2.75, 3.05) is 19.0 Å². The van der Waals surface area contributed by atoms with Crippen molar-refractivity contribution in [1.29, 1.82) is 0 Å². The standard InChI is InChI=1S/C21H22N4O3/c1-27-17-11-7-8-15(14-17)19-23-20(28-24-19)18-12-5-6-13-25(18)21(26)22-16-9-3-2-4-10-16/h2-4,7-11,14,18H,5-6,12-13H2,1H3,(H,22,26). The molecular formula is C21H22N4O3. The Kier molecular flexibility index (Phi) is 5.23.